The van der Waals surface area contributed by atoms with Gasteiger partial charge in [-0.2, -0.15) is 0 Å². The van der Waals surface area contributed by atoms with E-state index < -0.39 is 0 Å². The number of nitrogens with zero attached hydrogens (tertiary/aromatic N) is 1. The zero-order valence-corrected chi connectivity index (χ0v) is 11.2. The van der Waals surface area contributed by atoms with Crippen molar-refractivity contribution in [2.24, 2.45) is 11.8 Å². The topological polar surface area (TPSA) is 22.0 Å². The molecule has 0 amide bonds. The van der Waals surface area contributed by atoms with Gasteiger partial charge in [-0.25, -0.2) is 0 Å². The number of aldehydes is 1. The molecule has 17 heavy (non-hydrogen) atoms. The molecule has 1 aromatic heterocycles. The zero-order chi connectivity index (χ0) is 12.4. The Morgan fingerprint density at radius 1 is 1.29 bits per heavy atom. The number of aryl methyl sites for hydroxylation is 1. The van der Waals surface area contributed by atoms with Crippen molar-refractivity contribution in [1.82, 2.24) is 4.57 Å². The Morgan fingerprint density at radius 3 is 2.47 bits per heavy atom. The molecule has 0 unspecified atom stereocenters. The Bertz CT molecular complexity index is 397. The van der Waals surface area contributed by atoms with Crippen LogP contribution in [0.3, 0.4) is 0 Å². The van der Waals surface area contributed by atoms with Gasteiger partial charge in [0, 0.05) is 23.5 Å². The molecule has 0 atom stereocenters. The van der Waals surface area contributed by atoms with E-state index in [2.05, 4.69) is 25.3 Å². The highest BCUT2D eigenvalue weighted by molar-refractivity contribution is 5.77. The van der Waals surface area contributed by atoms with E-state index in [1.54, 1.807) is 0 Å². The van der Waals surface area contributed by atoms with Gasteiger partial charge < -0.3 is 4.57 Å². The summed E-state index contributed by atoms with van der Waals surface area (Å²) in [5.41, 5.74) is 3.21. The number of carbonyl (C=O) groups excluding carboxylic acids is 1. The van der Waals surface area contributed by atoms with Crippen molar-refractivity contribution >= 4 is 6.29 Å². The van der Waals surface area contributed by atoms with Gasteiger partial charge in [-0.05, 0) is 44.6 Å². The number of aromatic nitrogens is 1. The molecule has 0 spiro atoms. The highest BCUT2D eigenvalue weighted by atomic mass is 16.1. The van der Waals surface area contributed by atoms with Crippen LogP contribution in [0.5, 0.6) is 0 Å². The van der Waals surface area contributed by atoms with Gasteiger partial charge in [0.25, 0.3) is 0 Å². The van der Waals surface area contributed by atoms with Gasteiger partial charge in [0.1, 0.15) is 0 Å². The Kier molecular flexibility index (Phi) is 3.70. The average molecular weight is 233 g/mol. The molecule has 0 N–H and O–H groups in total. The molecule has 2 nitrogen and oxygen atoms in total. The number of carbonyl (C=O) groups is 1. The largest absolute Gasteiger partial charge is 0.348 e. The first-order valence-corrected chi connectivity index (χ1v) is 6.73. The Labute approximate surface area is 104 Å². The summed E-state index contributed by atoms with van der Waals surface area (Å²) in [7, 11) is 0. The van der Waals surface area contributed by atoms with Crippen LogP contribution in [-0.2, 0) is 6.54 Å². The maximum absolute atomic E-state index is 10.9. The van der Waals surface area contributed by atoms with E-state index in [1.165, 1.54) is 31.4 Å². The maximum atomic E-state index is 10.9. The predicted octanol–water partition coefficient (Wildman–Crippen LogP) is 3.74. The minimum atomic E-state index is 0.801. The second-order valence-corrected chi connectivity index (χ2v) is 5.68. The van der Waals surface area contributed by atoms with Crippen molar-refractivity contribution < 1.29 is 4.79 Å². The van der Waals surface area contributed by atoms with Crippen molar-refractivity contribution in [2.75, 3.05) is 0 Å². The lowest BCUT2D eigenvalue weighted by Crippen LogP contribution is -2.19. The van der Waals surface area contributed by atoms with E-state index in [4.69, 9.17) is 0 Å². The third kappa shape index (κ3) is 2.62. The van der Waals surface area contributed by atoms with Gasteiger partial charge >= 0.3 is 0 Å². The molecule has 0 aromatic carbocycles. The maximum Gasteiger partial charge on any atom is 0.151 e. The SMILES string of the molecule is Cc1cc(C=O)c(C)n1CC1CCC(C)CC1. The fraction of sp³-hybridized carbons (Fsp3) is 0.667. The fourth-order valence-corrected chi connectivity index (χ4v) is 3.00. The van der Waals surface area contributed by atoms with Crippen LogP contribution >= 0.6 is 0 Å². The summed E-state index contributed by atoms with van der Waals surface area (Å²) < 4.78 is 2.32. The summed E-state index contributed by atoms with van der Waals surface area (Å²) in [6.45, 7) is 7.61. The van der Waals surface area contributed by atoms with Crippen LogP contribution in [0.2, 0.25) is 0 Å². The summed E-state index contributed by atoms with van der Waals surface area (Å²) in [6, 6.07) is 2.01. The van der Waals surface area contributed by atoms with E-state index in [0.29, 0.717) is 0 Å². The molecule has 1 heterocycles. The number of hydrogen-bond donors (Lipinski definition) is 0. The number of rotatable bonds is 3. The first-order chi connectivity index (χ1) is 8.11. The predicted molar refractivity (Wildman–Crippen MR) is 70.4 cm³/mol. The number of hydrogen-bond acceptors (Lipinski definition) is 1. The molecule has 0 saturated heterocycles. The van der Waals surface area contributed by atoms with Crippen LogP contribution in [0.4, 0.5) is 0 Å². The molecule has 2 rings (SSSR count). The van der Waals surface area contributed by atoms with Crippen molar-refractivity contribution in [1.29, 1.82) is 0 Å². The molecule has 1 fully saturated rings. The molecular weight excluding hydrogens is 210 g/mol. The second-order valence-electron chi connectivity index (χ2n) is 5.68. The molecule has 94 valence electrons. The zero-order valence-electron chi connectivity index (χ0n) is 11.2. The van der Waals surface area contributed by atoms with Gasteiger partial charge in [0.05, 0.1) is 0 Å². The van der Waals surface area contributed by atoms with Crippen molar-refractivity contribution in [3.63, 3.8) is 0 Å². The fourth-order valence-electron chi connectivity index (χ4n) is 3.00. The standard InChI is InChI=1S/C15H23NO/c1-11-4-6-14(7-5-11)9-16-12(2)8-15(10-17)13(16)3/h8,10-11,14H,4-7,9H2,1-3H3. The van der Waals surface area contributed by atoms with Crippen LogP contribution in [0.25, 0.3) is 0 Å². The van der Waals surface area contributed by atoms with Crippen LogP contribution in [0.1, 0.15) is 54.4 Å². The third-order valence-electron chi connectivity index (χ3n) is 4.32. The molecular formula is C15H23NO. The van der Waals surface area contributed by atoms with Crippen molar-refractivity contribution in [3.8, 4) is 0 Å². The Hall–Kier alpha value is -1.05. The minimum Gasteiger partial charge on any atom is -0.348 e. The lowest BCUT2D eigenvalue weighted by Gasteiger charge is -2.27. The first kappa shape index (κ1) is 12.4. The average Bonchev–Trinajstić information content (AvgIpc) is 2.59. The van der Waals surface area contributed by atoms with E-state index in [-0.39, 0.29) is 0 Å². The molecule has 0 radical (unpaired) electrons. The minimum absolute atomic E-state index is 0.801. The lowest BCUT2D eigenvalue weighted by atomic mass is 9.83. The summed E-state index contributed by atoms with van der Waals surface area (Å²) >= 11 is 0. The summed E-state index contributed by atoms with van der Waals surface area (Å²) in [5.74, 6) is 1.71. The monoisotopic (exact) mass is 233 g/mol. The molecule has 2 heteroatoms. The first-order valence-electron chi connectivity index (χ1n) is 6.73. The smallest absolute Gasteiger partial charge is 0.151 e. The second kappa shape index (κ2) is 5.07. The molecule has 1 aliphatic carbocycles. The van der Waals surface area contributed by atoms with E-state index >= 15 is 0 Å². The van der Waals surface area contributed by atoms with Crippen LogP contribution in [0.15, 0.2) is 6.07 Å². The van der Waals surface area contributed by atoms with Crippen molar-refractivity contribution in [2.45, 2.75) is 53.0 Å². The van der Waals surface area contributed by atoms with Crippen LogP contribution in [-0.4, -0.2) is 10.9 Å². The molecule has 1 aromatic rings. The van der Waals surface area contributed by atoms with Gasteiger partial charge in [0.15, 0.2) is 6.29 Å². The highest BCUT2D eigenvalue weighted by Gasteiger charge is 2.20. The summed E-state index contributed by atoms with van der Waals surface area (Å²) in [5, 5.41) is 0. The third-order valence-corrected chi connectivity index (χ3v) is 4.32. The highest BCUT2D eigenvalue weighted by Crippen LogP contribution is 2.30. The van der Waals surface area contributed by atoms with E-state index in [1.807, 2.05) is 6.07 Å². The molecule has 1 saturated carbocycles. The van der Waals surface area contributed by atoms with Crippen molar-refractivity contribution in [3.05, 3.63) is 23.0 Å². The lowest BCUT2D eigenvalue weighted by molar-refractivity contribution is 0.112. The van der Waals surface area contributed by atoms with Crippen LogP contribution < -0.4 is 0 Å². The molecule has 1 aliphatic rings. The Balaban J connectivity index is 2.08. The van der Waals surface area contributed by atoms with Gasteiger partial charge in [-0.15, -0.1) is 0 Å². The van der Waals surface area contributed by atoms with Gasteiger partial charge in [-0.3, -0.25) is 4.79 Å². The van der Waals surface area contributed by atoms with E-state index in [0.717, 1.165) is 35.9 Å². The van der Waals surface area contributed by atoms with Gasteiger partial charge in [0.2, 0.25) is 0 Å². The summed E-state index contributed by atoms with van der Waals surface area (Å²) in [4.78, 5) is 10.9. The quantitative estimate of drug-likeness (QED) is 0.729. The van der Waals surface area contributed by atoms with Gasteiger partial charge in [-0.1, -0.05) is 19.8 Å². The van der Waals surface area contributed by atoms with Crippen LogP contribution in [0, 0.1) is 25.7 Å². The normalized spacial score (nSPS) is 24.9. The summed E-state index contributed by atoms with van der Waals surface area (Å²) in [6.07, 6.45) is 6.39. The van der Waals surface area contributed by atoms with E-state index in [9.17, 15) is 4.79 Å². The Morgan fingerprint density at radius 2 is 1.94 bits per heavy atom. The molecule has 0 aliphatic heterocycles. The molecule has 0 bridgehead atoms.